The number of rotatable bonds is 5. The van der Waals surface area contributed by atoms with Gasteiger partial charge in [-0.25, -0.2) is 8.78 Å². The molecule has 1 saturated heterocycles. The maximum atomic E-state index is 14.4. The second-order valence-corrected chi connectivity index (χ2v) is 6.38. The molecule has 0 aliphatic carbocycles. The first-order chi connectivity index (χ1) is 10.4. The minimum atomic E-state index is -0.514. The van der Waals surface area contributed by atoms with E-state index in [4.69, 9.17) is 0 Å². The van der Waals surface area contributed by atoms with Crippen LogP contribution in [0.5, 0.6) is 0 Å². The van der Waals surface area contributed by atoms with E-state index in [1.165, 1.54) is 12.1 Å². The third-order valence-electron chi connectivity index (χ3n) is 4.51. The first-order valence-corrected chi connectivity index (χ1v) is 7.93. The summed E-state index contributed by atoms with van der Waals surface area (Å²) >= 11 is 0. The largest absolute Gasteiger partial charge is 0.395 e. The van der Waals surface area contributed by atoms with Crippen molar-refractivity contribution in [2.75, 3.05) is 19.7 Å². The second kappa shape index (κ2) is 7.49. The Morgan fingerprint density at radius 1 is 1.32 bits per heavy atom. The molecule has 124 valence electrons. The maximum Gasteiger partial charge on any atom is 0.132 e. The van der Waals surface area contributed by atoms with Crippen LogP contribution in [0.2, 0.25) is 0 Å². The lowest BCUT2D eigenvalue weighted by atomic mass is 9.96. The molecule has 0 radical (unpaired) electrons. The number of aliphatic hydroxyl groups is 2. The monoisotopic (exact) mass is 313 g/mol. The zero-order valence-electron chi connectivity index (χ0n) is 13.2. The van der Waals surface area contributed by atoms with Gasteiger partial charge in [-0.05, 0) is 36.8 Å². The molecular formula is C17H25F2NO2. The van der Waals surface area contributed by atoms with Gasteiger partial charge in [0.05, 0.1) is 12.7 Å². The van der Waals surface area contributed by atoms with Gasteiger partial charge in [0.1, 0.15) is 11.6 Å². The third kappa shape index (κ3) is 3.83. The smallest absolute Gasteiger partial charge is 0.132 e. The molecule has 2 N–H and O–H groups in total. The minimum Gasteiger partial charge on any atom is -0.395 e. The zero-order chi connectivity index (χ0) is 16.3. The van der Waals surface area contributed by atoms with Crippen LogP contribution in [0.15, 0.2) is 12.1 Å². The summed E-state index contributed by atoms with van der Waals surface area (Å²) in [5.74, 6) is -0.957. The third-order valence-corrected chi connectivity index (χ3v) is 4.51. The summed E-state index contributed by atoms with van der Waals surface area (Å²) < 4.78 is 28.4. The van der Waals surface area contributed by atoms with E-state index in [-0.39, 0.29) is 30.6 Å². The molecule has 3 nitrogen and oxygen atoms in total. The second-order valence-electron chi connectivity index (χ2n) is 6.38. The Morgan fingerprint density at radius 2 is 2.05 bits per heavy atom. The van der Waals surface area contributed by atoms with E-state index in [0.29, 0.717) is 31.5 Å². The molecule has 1 aliphatic rings. The molecule has 5 heteroatoms. The summed E-state index contributed by atoms with van der Waals surface area (Å²) in [5.41, 5.74) is 0.651. The van der Waals surface area contributed by atoms with Gasteiger partial charge in [0, 0.05) is 24.7 Å². The number of hydrogen-bond acceptors (Lipinski definition) is 3. The molecule has 22 heavy (non-hydrogen) atoms. The fourth-order valence-corrected chi connectivity index (χ4v) is 3.11. The quantitative estimate of drug-likeness (QED) is 0.877. The van der Waals surface area contributed by atoms with E-state index in [1.807, 2.05) is 18.7 Å². The van der Waals surface area contributed by atoms with Crippen molar-refractivity contribution in [2.24, 2.45) is 0 Å². The summed E-state index contributed by atoms with van der Waals surface area (Å²) in [6.45, 7) is 4.84. The predicted octanol–water partition coefficient (Wildman–Crippen LogP) is 2.45. The van der Waals surface area contributed by atoms with Crippen molar-refractivity contribution in [1.82, 2.24) is 4.90 Å². The van der Waals surface area contributed by atoms with Gasteiger partial charge in [-0.1, -0.05) is 19.9 Å². The molecule has 2 unspecified atom stereocenters. The lowest BCUT2D eigenvalue weighted by Gasteiger charge is -2.37. The highest BCUT2D eigenvalue weighted by Crippen LogP contribution is 2.25. The summed E-state index contributed by atoms with van der Waals surface area (Å²) in [6, 6.07) is 2.70. The van der Waals surface area contributed by atoms with Gasteiger partial charge in [0.15, 0.2) is 0 Å². The Bertz CT molecular complexity index is 508. The Labute approximate surface area is 130 Å². The van der Waals surface area contributed by atoms with Crippen LogP contribution in [0.25, 0.3) is 0 Å². The van der Waals surface area contributed by atoms with E-state index in [9.17, 15) is 19.0 Å². The number of hydrogen-bond donors (Lipinski definition) is 2. The van der Waals surface area contributed by atoms with Crippen molar-refractivity contribution in [1.29, 1.82) is 0 Å². The van der Waals surface area contributed by atoms with Crippen LogP contribution in [0.4, 0.5) is 8.78 Å². The maximum absolute atomic E-state index is 14.4. The molecule has 2 rings (SSSR count). The van der Waals surface area contributed by atoms with Crippen LogP contribution >= 0.6 is 0 Å². The summed E-state index contributed by atoms with van der Waals surface area (Å²) in [4.78, 5) is 2.01. The Balaban J connectivity index is 2.09. The number of aliphatic hydroxyl groups excluding tert-OH is 2. The van der Waals surface area contributed by atoms with Crippen LogP contribution in [0, 0.1) is 11.6 Å². The van der Waals surface area contributed by atoms with Crippen molar-refractivity contribution in [3.05, 3.63) is 34.9 Å². The van der Waals surface area contributed by atoms with Crippen LogP contribution in [-0.2, 0) is 6.42 Å². The van der Waals surface area contributed by atoms with E-state index >= 15 is 0 Å². The van der Waals surface area contributed by atoms with E-state index in [2.05, 4.69) is 0 Å². The van der Waals surface area contributed by atoms with Crippen molar-refractivity contribution in [2.45, 2.75) is 51.2 Å². The molecule has 0 amide bonds. The summed E-state index contributed by atoms with van der Waals surface area (Å²) in [7, 11) is 0. The van der Waals surface area contributed by atoms with Gasteiger partial charge >= 0.3 is 0 Å². The molecule has 0 saturated carbocycles. The lowest BCUT2D eigenvalue weighted by molar-refractivity contribution is 0.0175. The fraction of sp³-hybridized carbons (Fsp3) is 0.647. The average molecular weight is 313 g/mol. The van der Waals surface area contributed by atoms with Gasteiger partial charge in [-0.2, -0.15) is 0 Å². The number of piperidine rings is 1. The summed E-state index contributed by atoms with van der Waals surface area (Å²) in [5, 5.41) is 19.0. The molecule has 1 fully saturated rings. The SMILES string of the molecule is CC(C)c1ccc(F)c(CCN2CCC(O)CC2CO)c1F. The molecule has 1 aliphatic heterocycles. The van der Waals surface area contributed by atoms with Crippen LogP contribution in [-0.4, -0.2) is 47.0 Å². The van der Waals surface area contributed by atoms with Gasteiger partial charge in [0.25, 0.3) is 0 Å². The average Bonchev–Trinajstić information content (AvgIpc) is 2.47. The zero-order valence-corrected chi connectivity index (χ0v) is 13.2. The molecule has 0 bridgehead atoms. The van der Waals surface area contributed by atoms with Gasteiger partial charge in [-0.3, -0.25) is 4.90 Å². The molecule has 1 aromatic rings. The van der Waals surface area contributed by atoms with Crippen molar-refractivity contribution in [3.63, 3.8) is 0 Å². The molecule has 1 heterocycles. The Morgan fingerprint density at radius 3 is 2.68 bits per heavy atom. The molecule has 0 spiro atoms. The van der Waals surface area contributed by atoms with Crippen molar-refractivity contribution < 1.29 is 19.0 Å². The lowest BCUT2D eigenvalue weighted by Crippen LogP contribution is -2.47. The van der Waals surface area contributed by atoms with Gasteiger partial charge in [0.2, 0.25) is 0 Å². The fourth-order valence-electron chi connectivity index (χ4n) is 3.11. The number of likely N-dealkylation sites (tertiary alicyclic amines) is 1. The topological polar surface area (TPSA) is 43.7 Å². The highest BCUT2D eigenvalue weighted by atomic mass is 19.1. The van der Waals surface area contributed by atoms with Gasteiger partial charge < -0.3 is 10.2 Å². The Hall–Kier alpha value is -1.04. The van der Waals surface area contributed by atoms with E-state index < -0.39 is 17.7 Å². The highest BCUT2D eigenvalue weighted by molar-refractivity contribution is 5.30. The van der Waals surface area contributed by atoms with Crippen molar-refractivity contribution in [3.8, 4) is 0 Å². The predicted molar refractivity (Wildman–Crippen MR) is 81.8 cm³/mol. The van der Waals surface area contributed by atoms with Crippen molar-refractivity contribution >= 4 is 0 Å². The molecule has 1 aromatic carbocycles. The van der Waals surface area contributed by atoms with Crippen LogP contribution in [0.1, 0.15) is 43.7 Å². The van der Waals surface area contributed by atoms with E-state index in [0.717, 1.165) is 0 Å². The normalized spacial score (nSPS) is 23.2. The van der Waals surface area contributed by atoms with Crippen LogP contribution < -0.4 is 0 Å². The van der Waals surface area contributed by atoms with Gasteiger partial charge in [-0.15, -0.1) is 0 Å². The Kier molecular flexibility index (Phi) is 5.89. The van der Waals surface area contributed by atoms with Crippen LogP contribution in [0.3, 0.4) is 0 Å². The molecule has 2 atom stereocenters. The first-order valence-electron chi connectivity index (χ1n) is 7.93. The molecular weight excluding hydrogens is 288 g/mol. The summed E-state index contributed by atoms with van der Waals surface area (Å²) in [6.07, 6.45) is 1.01. The number of halogens is 2. The standard InChI is InChI=1S/C17H25F2NO2/c1-11(2)14-3-4-16(18)15(17(14)19)6-8-20-7-5-13(22)9-12(20)10-21/h3-4,11-13,21-22H,5-10H2,1-2H3. The number of benzene rings is 1. The molecule has 0 aromatic heterocycles. The number of nitrogens with zero attached hydrogens (tertiary/aromatic N) is 1. The minimum absolute atomic E-state index is 0.00896. The first kappa shape index (κ1) is 17.3. The highest BCUT2D eigenvalue weighted by Gasteiger charge is 2.27. The van der Waals surface area contributed by atoms with E-state index in [1.54, 1.807) is 0 Å².